The maximum Gasteiger partial charge on any atom is 0.159 e. The van der Waals surface area contributed by atoms with Crippen LogP contribution in [0.1, 0.15) is 0 Å². The molecule has 98 heavy (non-hydrogen) atoms. The molecule has 0 saturated heterocycles. The molecule has 0 aliphatic carbocycles. The number of anilines is 12. The van der Waals surface area contributed by atoms with E-state index < -0.39 is 0 Å². The summed E-state index contributed by atoms with van der Waals surface area (Å²) >= 11 is 5.56. The zero-order chi connectivity index (χ0) is 64.9. The lowest BCUT2D eigenvalue weighted by Gasteiger charge is -2.26. The lowest BCUT2D eigenvalue weighted by molar-refractivity contribution is 0.669. The van der Waals surface area contributed by atoms with Gasteiger partial charge in [-0.25, -0.2) is 0 Å². The largest absolute Gasteiger partial charge is 0.454 e. The Balaban J connectivity index is 0.000000143. The summed E-state index contributed by atoms with van der Waals surface area (Å²) in [6.07, 6.45) is 0. The van der Waals surface area contributed by atoms with Gasteiger partial charge < -0.3 is 24.0 Å². The molecule has 5 nitrogen and oxygen atoms in total. The SMILES string of the molecule is c1ccc(-c2ccc(N(c3ccc4c(c3)sc3ccc(N(c5ccccc5)c5ccccc5)cc34)c3cccc4c3oc3ccccc34)cc2)cc1.c1ccc(N(c2ccccc2)c2ccc3sc4cc(N(c5ccccc5)c5cccc6c5sc5ccccc56)ccc4c3c2)cc1. The second-order valence-electron chi connectivity index (χ2n) is 24.4. The Hall–Kier alpha value is -12.0. The van der Waals surface area contributed by atoms with Gasteiger partial charge in [0.05, 0.1) is 16.1 Å². The quantitative estimate of drug-likeness (QED) is 0.115. The van der Waals surface area contributed by atoms with Crippen molar-refractivity contribution in [2.24, 2.45) is 0 Å². The molecule has 15 aromatic carbocycles. The number of hydrogen-bond donors (Lipinski definition) is 0. The molecular weight excluding hydrogens is 1250 g/mol. The Morgan fingerprint density at radius 2 is 0.551 bits per heavy atom. The van der Waals surface area contributed by atoms with E-state index in [-0.39, 0.29) is 0 Å². The van der Waals surface area contributed by atoms with Crippen molar-refractivity contribution in [2.75, 3.05) is 19.6 Å². The number of hydrogen-bond acceptors (Lipinski definition) is 8. The predicted octanol–water partition coefficient (Wildman–Crippen LogP) is 27.9. The number of furan rings is 1. The summed E-state index contributed by atoms with van der Waals surface area (Å²) in [6, 6.07) is 130. The number of nitrogens with zero attached hydrogens (tertiary/aromatic N) is 4. The van der Waals surface area contributed by atoms with E-state index >= 15 is 0 Å². The van der Waals surface area contributed by atoms with Crippen LogP contribution in [0.4, 0.5) is 68.2 Å². The third-order valence-electron chi connectivity index (χ3n) is 18.5. The Labute approximate surface area is 579 Å². The first-order valence-electron chi connectivity index (χ1n) is 32.9. The van der Waals surface area contributed by atoms with Crippen LogP contribution in [0.2, 0.25) is 0 Å². The van der Waals surface area contributed by atoms with Crippen molar-refractivity contribution < 1.29 is 4.42 Å². The van der Waals surface area contributed by atoms with Gasteiger partial charge in [0.2, 0.25) is 0 Å². The van der Waals surface area contributed by atoms with Crippen LogP contribution in [0.15, 0.2) is 368 Å². The van der Waals surface area contributed by atoms with Crippen molar-refractivity contribution in [2.45, 2.75) is 0 Å². The van der Waals surface area contributed by atoms with Gasteiger partial charge in [-0.1, -0.05) is 206 Å². The summed E-state index contributed by atoms with van der Waals surface area (Å²) < 4.78 is 14.3. The summed E-state index contributed by atoms with van der Waals surface area (Å²) in [5.41, 5.74) is 17.6. The molecule has 0 bridgehead atoms. The fourth-order valence-electron chi connectivity index (χ4n) is 13.9. The van der Waals surface area contributed by atoms with Gasteiger partial charge in [-0.2, -0.15) is 0 Å². The molecule has 0 fully saturated rings. The highest BCUT2D eigenvalue weighted by Crippen LogP contribution is 2.50. The first-order chi connectivity index (χ1) is 48.6. The fourth-order valence-corrected chi connectivity index (χ4v) is 17.4. The van der Waals surface area contributed by atoms with Gasteiger partial charge >= 0.3 is 0 Å². The summed E-state index contributed by atoms with van der Waals surface area (Å²) in [5.74, 6) is 0. The average molecular weight is 1310 g/mol. The van der Waals surface area contributed by atoms with Gasteiger partial charge in [-0.3, -0.25) is 0 Å². The molecule has 4 aromatic heterocycles. The Morgan fingerprint density at radius 3 is 1.08 bits per heavy atom. The number of fused-ring (bicyclic) bond motifs is 12. The molecule has 0 spiro atoms. The van der Waals surface area contributed by atoms with Crippen LogP contribution in [0, 0.1) is 0 Å². The molecule has 0 amide bonds. The third-order valence-corrected chi connectivity index (χ3v) is 21.9. The average Bonchev–Trinajstić information content (AvgIpc) is 1.53. The van der Waals surface area contributed by atoms with E-state index in [2.05, 4.69) is 371 Å². The van der Waals surface area contributed by atoms with Gasteiger partial charge in [0.15, 0.2) is 5.58 Å². The maximum atomic E-state index is 6.60. The van der Waals surface area contributed by atoms with Crippen molar-refractivity contribution in [3.05, 3.63) is 364 Å². The molecule has 4 heterocycles. The van der Waals surface area contributed by atoms with Crippen LogP contribution < -0.4 is 19.6 Å². The Morgan fingerprint density at radius 1 is 0.194 bits per heavy atom. The first kappa shape index (κ1) is 58.5. The highest BCUT2D eigenvalue weighted by atomic mass is 32.1. The second kappa shape index (κ2) is 25.3. The highest BCUT2D eigenvalue weighted by Gasteiger charge is 2.24. The maximum absolute atomic E-state index is 6.60. The standard InChI is InChI=1S/C48H32N2OS.C42H28N2S2/c1-4-13-33(14-5-1)34-23-25-37(26-24-34)50(44-21-12-20-42-40-19-10-11-22-45(40)51-48(42)44)39-27-29-41-43-31-38(28-30-46(43)52-47(41)32-39)49(35-15-6-2-7-16-35)36-17-8-3-9-18-36;1-4-13-29(14-5-1)43(30-15-6-2-7-16-30)32-24-26-40-37(27-32)35-25-23-33(28-41(35)45-40)44(31-17-8-3-9-18-31)38-21-12-20-36-34-19-10-11-22-39(34)46-42(36)38/h1-32H;1-28H. The number of thiophene rings is 3. The van der Waals surface area contributed by atoms with Gasteiger partial charge in [0, 0.05) is 123 Å². The van der Waals surface area contributed by atoms with Crippen LogP contribution >= 0.6 is 34.0 Å². The third kappa shape index (κ3) is 10.7. The minimum absolute atomic E-state index is 0.874. The monoisotopic (exact) mass is 1310 g/mol. The van der Waals surface area contributed by atoms with E-state index in [0.29, 0.717) is 0 Å². The van der Waals surface area contributed by atoms with E-state index in [1.165, 1.54) is 77.3 Å². The molecule has 0 atom stereocenters. The lowest BCUT2D eigenvalue weighted by atomic mass is 10.0. The smallest absolute Gasteiger partial charge is 0.159 e. The fraction of sp³-hybridized carbons (Fsp3) is 0. The van der Waals surface area contributed by atoms with Crippen molar-refractivity contribution in [3.8, 4) is 11.1 Å². The molecule has 0 aliphatic rings. The predicted molar refractivity (Wildman–Crippen MR) is 423 cm³/mol. The van der Waals surface area contributed by atoms with Crippen molar-refractivity contribution in [1.29, 1.82) is 0 Å². The number of benzene rings is 15. The van der Waals surface area contributed by atoms with E-state index in [4.69, 9.17) is 4.42 Å². The van der Waals surface area contributed by atoms with Gasteiger partial charge in [-0.15, -0.1) is 34.0 Å². The summed E-state index contributed by atoms with van der Waals surface area (Å²) in [6.45, 7) is 0. The molecule has 8 heteroatoms. The second-order valence-corrected chi connectivity index (χ2v) is 27.6. The summed E-state index contributed by atoms with van der Waals surface area (Å²) in [5, 5.41) is 9.89. The zero-order valence-corrected chi connectivity index (χ0v) is 55.5. The molecule has 0 saturated carbocycles. The van der Waals surface area contributed by atoms with Crippen LogP contribution in [-0.4, -0.2) is 0 Å². The topological polar surface area (TPSA) is 26.1 Å². The van der Waals surface area contributed by atoms with Crippen molar-refractivity contribution in [3.63, 3.8) is 0 Å². The Kier molecular flexibility index (Phi) is 15.1. The lowest BCUT2D eigenvalue weighted by Crippen LogP contribution is -2.10. The molecule has 19 rings (SSSR count). The van der Waals surface area contributed by atoms with Crippen LogP contribution in [0.25, 0.3) is 93.6 Å². The normalized spacial score (nSPS) is 11.5. The number of rotatable bonds is 13. The summed E-state index contributed by atoms with van der Waals surface area (Å²) in [4.78, 5) is 9.41. The minimum atomic E-state index is 0.874. The summed E-state index contributed by atoms with van der Waals surface area (Å²) in [7, 11) is 0. The molecular formula is C90H60N4OS3. The van der Waals surface area contributed by atoms with Gasteiger partial charge in [0.1, 0.15) is 5.58 Å². The van der Waals surface area contributed by atoms with Gasteiger partial charge in [0.25, 0.3) is 0 Å². The molecule has 0 unspecified atom stereocenters. The van der Waals surface area contributed by atoms with E-state index in [0.717, 1.165) is 84.5 Å². The van der Waals surface area contributed by atoms with Gasteiger partial charge in [-0.05, 0) is 169 Å². The highest BCUT2D eigenvalue weighted by molar-refractivity contribution is 7.27. The minimum Gasteiger partial charge on any atom is -0.454 e. The zero-order valence-electron chi connectivity index (χ0n) is 53.1. The Bertz CT molecular complexity index is 6000. The van der Waals surface area contributed by atoms with Crippen LogP contribution in [-0.2, 0) is 0 Å². The van der Waals surface area contributed by atoms with Crippen LogP contribution in [0.3, 0.4) is 0 Å². The molecule has 19 aromatic rings. The first-order valence-corrected chi connectivity index (χ1v) is 35.4. The number of para-hydroxylation sites is 7. The molecule has 0 N–H and O–H groups in total. The van der Waals surface area contributed by atoms with E-state index in [1.54, 1.807) is 0 Å². The van der Waals surface area contributed by atoms with E-state index in [9.17, 15) is 0 Å². The van der Waals surface area contributed by atoms with E-state index in [1.807, 2.05) is 46.1 Å². The van der Waals surface area contributed by atoms with Crippen molar-refractivity contribution in [1.82, 2.24) is 0 Å². The molecule has 464 valence electrons. The van der Waals surface area contributed by atoms with Crippen LogP contribution in [0.5, 0.6) is 0 Å². The van der Waals surface area contributed by atoms with Crippen molar-refractivity contribution >= 4 is 185 Å². The molecule has 0 aliphatic heterocycles. The molecule has 0 radical (unpaired) electrons.